The summed E-state index contributed by atoms with van der Waals surface area (Å²) in [5.41, 5.74) is 3.13. The fourth-order valence-corrected chi connectivity index (χ4v) is 2.17. The highest BCUT2D eigenvalue weighted by atomic mass is 16.2. The van der Waals surface area contributed by atoms with Crippen LogP contribution in [0, 0.1) is 0 Å². The molecule has 2 heterocycles. The monoisotopic (exact) mass is 241 g/mol. The quantitative estimate of drug-likeness (QED) is 0.808. The molecule has 1 aromatic heterocycles. The van der Waals surface area contributed by atoms with Crippen molar-refractivity contribution < 1.29 is 4.79 Å². The van der Waals surface area contributed by atoms with Gasteiger partial charge >= 0.3 is 5.69 Å². The van der Waals surface area contributed by atoms with Gasteiger partial charge < -0.3 is 9.88 Å². The van der Waals surface area contributed by atoms with Gasteiger partial charge in [0, 0.05) is 18.9 Å². The number of fused-ring (bicyclic) bond motifs is 1. The van der Waals surface area contributed by atoms with Crippen molar-refractivity contribution >= 4 is 11.6 Å². The first-order valence-corrected chi connectivity index (χ1v) is 5.60. The highest BCUT2D eigenvalue weighted by Crippen LogP contribution is 2.30. The summed E-state index contributed by atoms with van der Waals surface area (Å²) >= 11 is 0. The largest absolute Gasteiger partial charge is 0.345 e. The first-order valence-electron chi connectivity index (χ1n) is 5.60. The molecule has 1 N–H and O–H groups in total. The second-order valence-corrected chi connectivity index (χ2v) is 4.26. The van der Waals surface area contributed by atoms with Crippen molar-refractivity contribution in [3.05, 3.63) is 46.5 Å². The zero-order chi connectivity index (χ0) is 12.7. The summed E-state index contributed by atoms with van der Waals surface area (Å²) in [5, 5.41) is 0. The van der Waals surface area contributed by atoms with Crippen molar-refractivity contribution in [3.63, 3.8) is 0 Å². The summed E-state index contributed by atoms with van der Waals surface area (Å²) in [6.07, 6.45) is 1.88. The van der Waals surface area contributed by atoms with Crippen LogP contribution in [0.15, 0.2) is 35.3 Å². The third-order valence-electron chi connectivity index (χ3n) is 3.14. The van der Waals surface area contributed by atoms with E-state index in [2.05, 4.69) is 9.97 Å². The van der Waals surface area contributed by atoms with Gasteiger partial charge in [0.2, 0.25) is 5.91 Å². The minimum atomic E-state index is -0.374. The van der Waals surface area contributed by atoms with E-state index in [-0.39, 0.29) is 11.6 Å². The molecule has 0 saturated carbocycles. The summed E-state index contributed by atoms with van der Waals surface area (Å²) in [4.78, 5) is 30.7. The van der Waals surface area contributed by atoms with Gasteiger partial charge in [0.05, 0.1) is 12.1 Å². The summed E-state index contributed by atoms with van der Waals surface area (Å²) < 4.78 is 0. The lowest BCUT2D eigenvalue weighted by Gasteiger charge is -2.10. The number of carbonyl (C=O) groups excluding carboxylic acids is 1. The minimum Gasteiger partial charge on any atom is -0.315 e. The Bertz CT molecular complexity index is 691. The summed E-state index contributed by atoms with van der Waals surface area (Å²) in [6, 6.07) is 7.46. The molecule has 5 heteroatoms. The zero-order valence-corrected chi connectivity index (χ0v) is 9.80. The fraction of sp³-hybridized carbons (Fsp3) is 0.154. The van der Waals surface area contributed by atoms with Crippen LogP contribution in [0.2, 0.25) is 0 Å². The Morgan fingerprint density at radius 2 is 2.11 bits per heavy atom. The molecule has 0 atom stereocenters. The fourth-order valence-electron chi connectivity index (χ4n) is 2.17. The molecule has 18 heavy (non-hydrogen) atoms. The van der Waals surface area contributed by atoms with E-state index >= 15 is 0 Å². The zero-order valence-electron chi connectivity index (χ0n) is 9.80. The summed E-state index contributed by atoms with van der Waals surface area (Å²) in [7, 11) is 1.77. The number of nitrogens with zero attached hydrogens (tertiary/aromatic N) is 2. The molecule has 1 amide bonds. The van der Waals surface area contributed by atoms with Gasteiger partial charge in [-0.2, -0.15) is 0 Å². The van der Waals surface area contributed by atoms with Crippen LogP contribution in [-0.2, 0) is 11.2 Å². The van der Waals surface area contributed by atoms with Crippen LogP contribution in [0.5, 0.6) is 0 Å². The first kappa shape index (κ1) is 10.7. The van der Waals surface area contributed by atoms with E-state index < -0.39 is 0 Å². The van der Waals surface area contributed by atoms with Gasteiger partial charge in [-0.25, -0.2) is 9.78 Å². The number of hydrogen-bond donors (Lipinski definition) is 1. The van der Waals surface area contributed by atoms with Gasteiger partial charge in [-0.05, 0) is 29.3 Å². The molecule has 2 aromatic rings. The maximum absolute atomic E-state index is 11.6. The van der Waals surface area contributed by atoms with Gasteiger partial charge in [-0.15, -0.1) is 0 Å². The predicted octanol–water partition coefficient (Wildman–Crippen LogP) is 0.956. The van der Waals surface area contributed by atoms with Gasteiger partial charge in [-0.1, -0.05) is 6.07 Å². The normalized spacial score (nSPS) is 13.8. The van der Waals surface area contributed by atoms with Crippen molar-refractivity contribution in [1.82, 2.24) is 9.97 Å². The maximum atomic E-state index is 11.6. The number of anilines is 1. The number of carbonyl (C=O) groups is 1. The van der Waals surface area contributed by atoms with Crippen LogP contribution in [0.4, 0.5) is 5.69 Å². The lowest BCUT2D eigenvalue weighted by Crippen LogP contribution is -2.20. The molecule has 0 aliphatic carbocycles. The second kappa shape index (κ2) is 3.80. The number of H-pyrrole nitrogens is 1. The van der Waals surface area contributed by atoms with Gasteiger partial charge in [0.1, 0.15) is 0 Å². The van der Waals surface area contributed by atoms with Crippen molar-refractivity contribution in [1.29, 1.82) is 0 Å². The molecular formula is C13H11N3O2. The molecule has 0 bridgehead atoms. The number of nitrogens with one attached hydrogen (secondary N) is 1. The average molecular weight is 241 g/mol. The van der Waals surface area contributed by atoms with E-state index in [1.165, 1.54) is 6.20 Å². The molecule has 5 nitrogen and oxygen atoms in total. The maximum Gasteiger partial charge on any atom is 0.345 e. The van der Waals surface area contributed by atoms with E-state index in [0.29, 0.717) is 12.1 Å². The van der Waals surface area contributed by atoms with Gasteiger partial charge in [0.15, 0.2) is 0 Å². The number of benzene rings is 1. The SMILES string of the molecule is CN1C(=O)Cc2cc(-c3ccnc(=O)[nH]3)ccc21. The van der Waals surface area contributed by atoms with Gasteiger partial charge in [0.25, 0.3) is 0 Å². The Morgan fingerprint density at radius 3 is 2.89 bits per heavy atom. The van der Waals surface area contributed by atoms with E-state index in [4.69, 9.17) is 0 Å². The molecule has 90 valence electrons. The van der Waals surface area contributed by atoms with Crippen LogP contribution < -0.4 is 10.6 Å². The van der Waals surface area contributed by atoms with Crippen LogP contribution in [-0.4, -0.2) is 22.9 Å². The smallest absolute Gasteiger partial charge is 0.315 e. The predicted molar refractivity (Wildman–Crippen MR) is 67.4 cm³/mol. The number of aromatic amines is 1. The highest BCUT2D eigenvalue weighted by Gasteiger charge is 2.23. The van der Waals surface area contributed by atoms with Crippen molar-refractivity contribution in [2.45, 2.75) is 6.42 Å². The first-order chi connectivity index (χ1) is 8.65. The molecule has 3 rings (SSSR count). The Morgan fingerprint density at radius 1 is 1.28 bits per heavy atom. The minimum absolute atomic E-state index is 0.0883. The third-order valence-corrected chi connectivity index (χ3v) is 3.14. The molecular weight excluding hydrogens is 230 g/mol. The van der Waals surface area contributed by atoms with Crippen LogP contribution in [0.1, 0.15) is 5.56 Å². The second-order valence-electron chi connectivity index (χ2n) is 4.26. The lowest BCUT2D eigenvalue weighted by atomic mass is 10.1. The van der Waals surface area contributed by atoms with Crippen LogP contribution in [0.3, 0.4) is 0 Å². The van der Waals surface area contributed by atoms with Crippen molar-refractivity contribution in [2.24, 2.45) is 0 Å². The average Bonchev–Trinajstić information content (AvgIpc) is 2.65. The van der Waals surface area contributed by atoms with E-state index in [0.717, 1.165) is 16.8 Å². The van der Waals surface area contributed by atoms with Crippen molar-refractivity contribution in [2.75, 3.05) is 11.9 Å². The van der Waals surface area contributed by atoms with E-state index in [1.54, 1.807) is 18.0 Å². The summed E-state index contributed by atoms with van der Waals surface area (Å²) in [6.45, 7) is 0. The Hall–Kier alpha value is -2.43. The topological polar surface area (TPSA) is 66.1 Å². The van der Waals surface area contributed by atoms with E-state index in [1.807, 2.05) is 18.2 Å². The standard InChI is InChI=1S/C13H11N3O2/c1-16-11-3-2-8(6-9(11)7-12(16)17)10-4-5-14-13(18)15-10/h2-6H,7H2,1H3,(H,14,15,18). The number of rotatable bonds is 1. The highest BCUT2D eigenvalue weighted by molar-refractivity contribution is 6.01. The molecule has 0 radical (unpaired) electrons. The van der Waals surface area contributed by atoms with E-state index in [9.17, 15) is 9.59 Å². The summed E-state index contributed by atoms with van der Waals surface area (Å²) in [5.74, 6) is 0.0883. The Balaban J connectivity index is 2.10. The molecule has 0 unspecified atom stereocenters. The number of likely N-dealkylation sites (N-methyl/N-ethyl adjacent to an activating group) is 1. The molecule has 1 aliphatic heterocycles. The van der Waals surface area contributed by atoms with Crippen LogP contribution in [0.25, 0.3) is 11.3 Å². The van der Waals surface area contributed by atoms with Gasteiger partial charge in [-0.3, -0.25) is 4.79 Å². The number of aromatic nitrogens is 2. The Kier molecular flexibility index (Phi) is 2.26. The molecule has 0 saturated heterocycles. The molecule has 0 spiro atoms. The molecule has 1 aromatic carbocycles. The number of hydrogen-bond acceptors (Lipinski definition) is 3. The lowest BCUT2D eigenvalue weighted by molar-refractivity contribution is -0.117. The van der Waals surface area contributed by atoms with Crippen molar-refractivity contribution in [3.8, 4) is 11.3 Å². The third kappa shape index (κ3) is 1.60. The van der Waals surface area contributed by atoms with Crippen LogP contribution >= 0.6 is 0 Å². The number of amides is 1. The Labute approximate surface area is 103 Å². The molecule has 0 fully saturated rings. The molecule has 1 aliphatic rings.